The largest absolute Gasteiger partial charge is 0.323 e. The van der Waals surface area contributed by atoms with Crippen LogP contribution < -0.4 is 5.32 Å². The van der Waals surface area contributed by atoms with Crippen molar-refractivity contribution in [1.82, 2.24) is 4.90 Å². The maximum atomic E-state index is 12.6. The number of imide groups is 1. The van der Waals surface area contributed by atoms with E-state index in [4.69, 9.17) is 11.6 Å². The van der Waals surface area contributed by atoms with E-state index in [0.717, 1.165) is 6.07 Å². The summed E-state index contributed by atoms with van der Waals surface area (Å²) in [5.41, 5.74) is -0.583. The molecule has 27 heavy (non-hydrogen) atoms. The summed E-state index contributed by atoms with van der Waals surface area (Å²) in [4.78, 5) is 48.9. The van der Waals surface area contributed by atoms with Gasteiger partial charge in [-0.25, -0.2) is 0 Å². The molecule has 1 atom stereocenters. The fraction of sp³-hybridized carbons (Fsp3) is 0.118. The molecule has 2 aromatic carbocycles. The maximum absolute atomic E-state index is 12.6. The summed E-state index contributed by atoms with van der Waals surface area (Å²) in [7, 11) is 0. The predicted octanol–water partition coefficient (Wildman–Crippen LogP) is 3.63. The van der Waals surface area contributed by atoms with Crippen LogP contribution >= 0.6 is 27.5 Å². The van der Waals surface area contributed by atoms with Crippen LogP contribution in [0.15, 0.2) is 40.9 Å². The molecule has 3 rings (SSSR count). The van der Waals surface area contributed by atoms with Crippen molar-refractivity contribution in [2.75, 3.05) is 5.32 Å². The monoisotopic (exact) mass is 451 g/mol. The van der Waals surface area contributed by atoms with Crippen molar-refractivity contribution in [3.63, 3.8) is 0 Å². The summed E-state index contributed by atoms with van der Waals surface area (Å²) in [5.74, 6) is -2.30. The molecule has 3 amide bonds. The van der Waals surface area contributed by atoms with Crippen molar-refractivity contribution in [3.05, 3.63) is 67.1 Å². The number of amides is 3. The van der Waals surface area contributed by atoms with E-state index in [1.807, 2.05) is 0 Å². The topological polar surface area (TPSA) is 110 Å². The van der Waals surface area contributed by atoms with E-state index in [2.05, 4.69) is 21.2 Å². The van der Waals surface area contributed by atoms with Crippen LogP contribution in [0, 0.1) is 10.1 Å². The number of fused-ring (bicyclic) bond motifs is 1. The van der Waals surface area contributed by atoms with Gasteiger partial charge in [0.05, 0.1) is 21.2 Å². The summed E-state index contributed by atoms with van der Waals surface area (Å²) in [5, 5.41) is 14.0. The van der Waals surface area contributed by atoms with Crippen molar-refractivity contribution >= 4 is 56.6 Å². The van der Waals surface area contributed by atoms with Crippen LogP contribution in [0.2, 0.25) is 5.02 Å². The molecule has 1 heterocycles. The van der Waals surface area contributed by atoms with Crippen molar-refractivity contribution < 1.29 is 19.3 Å². The molecule has 0 saturated carbocycles. The van der Waals surface area contributed by atoms with Gasteiger partial charge in [-0.2, -0.15) is 0 Å². The van der Waals surface area contributed by atoms with Gasteiger partial charge in [-0.05, 0) is 31.2 Å². The van der Waals surface area contributed by atoms with Crippen molar-refractivity contribution in [3.8, 4) is 0 Å². The maximum Gasteiger partial charge on any atom is 0.282 e. The normalized spacial score (nSPS) is 14.1. The number of rotatable bonds is 4. The molecular formula is C17H11BrClN3O5. The van der Waals surface area contributed by atoms with Crippen LogP contribution in [-0.2, 0) is 4.79 Å². The van der Waals surface area contributed by atoms with Crippen LogP contribution in [0.25, 0.3) is 0 Å². The Balaban J connectivity index is 1.89. The molecule has 0 radical (unpaired) electrons. The van der Waals surface area contributed by atoms with Gasteiger partial charge in [0.1, 0.15) is 11.6 Å². The molecule has 0 bridgehead atoms. The van der Waals surface area contributed by atoms with E-state index < -0.39 is 34.4 Å². The van der Waals surface area contributed by atoms with Gasteiger partial charge in [0.15, 0.2) is 0 Å². The summed E-state index contributed by atoms with van der Waals surface area (Å²) < 4.78 is 0.714. The number of carbonyl (C=O) groups excluding carboxylic acids is 3. The van der Waals surface area contributed by atoms with Crippen molar-refractivity contribution in [2.45, 2.75) is 13.0 Å². The van der Waals surface area contributed by atoms with Gasteiger partial charge >= 0.3 is 0 Å². The molecule has 10 heteroatoms. The Morgan fingerprint density at radius 1 is 1.26 bits per heavy atom. The van der Waals surface area contributed by atoms with Crippen LogP contribution in [0.3, 0.4) is 0 Å². The van der Waals surface area contributed by atoms with E-state index in [9.17, 15) is 24.5 Å². The number of nitrogens with zero attached hydrogens (tertiary/aromatic N) is 2. The van der Waals surface area contributed by atoms with Crippen LogP contribution in [0.1, 0.15) is 27.6 Å². The third-order valence-corrected chi connectivity index (χ3v) is 4.88. The molecule has 0 aliphatic carbocycles. The Hall–Kier alpha value is -2.78. The number of anilines is 1. The van der Waals surface area contributed by atoms with E-state index in [1.165, 1.54) is 19.1 Å². The average molecular weight is 453 g/mol. The number of nitrogens with one attached hydrogen (secondary N) is 1. The Morgan fingerprint density at radius 3 is 2.59 bits per heavy atom. The molecule has 138 valence electrons. The highest BCUT2D eigenvalue weighted by atomic mass is 79.9. The number of benzene rings is 2. The molecule has 1 aliphatic rings. The summed E-state index contributed by atoms with van der Waals surface area (Å²) >= 11 is 9.30. The lowest BCUT2D eigenvalue weighted by atomic mass is 10.1. The highest BCUT2D eigenvalue weighted by molar-refractivity contribution is 9.10. The first-order valence-corrected chi connectivity index (χ1v) is 8.80. The predicted molar refractivity (Wildman–Crippen MR) is 101 cm³/mol. The number of carbonyl (C=O) groups is 3. The molecule has 1 N–H and O–H groups in total. The van der Waals surface area contributed by atoms with E-state index in [1.54, 1.807) is 18.2 Å². The number of nitro groups is 1. The zero-order chi connectivity index (χ0) is 19.9. The van der Waals surface area contributed by atoms with E-state index in [0.29, 0.717) is 15.1 Å². The molecule has 0 fully saturated rings. The first-order valence-electron chi connectivity index (χ1n) is 7.63. The molecule has 2 aromatic rings. The third kappa shape index (κ3) is 3.31. The lowest BCUT2D eigenvalue weighted by Gasteiger charge is -2.21. The van der Waals surface area contributed by atoms with Crippen molar-refractivity contribution in [2.24, 2.45) is 0 Å². The first kappa shape index (κ1) is 19.0. The van der Waals surface area contributed by atoms with Crippen LogP contribution in [0.5, 0.6) is 0 Å². The molecular weight excluding hydrogens is 442 g/mol. The smallest absolute Gasteiger partial charge is 0.282 e. The fourth-order valence-corrected chi connectivity index (χ4v) is 3.46. The van der Waals surface area contributed by atoms with Gasteiger partial charge in [0, 0.05) is 10.5 Å². The minimum Gasteiger partial charge on any atom is -0.323 e. The molecule has 1 unspecified atom stereocenters. The Labute approximate surface area is 166 Å². The SMILES string of the molecule is CC(C(=O)Nc1ccc(Br)cc1Cl)N1C(=O)c2cccc([N+](=O)[O-])c2C1=O. The number of halogens is 2. The summed E-state index contributed by atoms with van der Waals surface area (Å²) in [6.45, 7) is 1.36. The Morgan fingerprint density at radius 2 is 1.96 bits per heavy atom. The molecule has 0 saturated heterocycles. The third-order valence-electron chi connectivity index (χ3n) is 4.08. The Bertz CT molecular complexity index is 1010. The highest BCUT2D eigenvalue weighted by Gasteiger charge is 2.44. The molecule has 0 aromatic heterocycles. The molecule has 8 nitrogen and oxygen atoms in total. The summed E-state index contributed by atoms with van der Waals surface area (Å²) in [6, 6.07) is 7.38. The minimum atomic E-state index is -1.20. The zero-order valence-electron chi connectivity index (χ0n) is 13.7. The van der Waals surface area contributed by atoms with E-state index in [-0.39, 0.29) is 16.1 Å². The Kier molecular flexibility index (Phi) is 4.99. The zero-order valence-corrected chi connectivity index (χ0v) is 16.1. The van der Waals surface area contributed by atoms with Gasteiger partial charge in [0.2, 0.25) is 5.91 Å². The van der Waals surface area contributed by atoms with E-state index >= 15 is 0 Å². The van der Waals surface area contributed by atoms with Gasteiger partial charge in [-0.3, -0.25) is 29.4 Å². The lowest BCUT2D eigenvalue weighted by molar-refractivity contribution is -0.385. The van der Waals surface area contributed by atoms with Gasteiger partial charge in [0.25, 0.3) is 17.5 Å². The highest BCUT2D eigenvalue weighted by Crippen LogP contribution is 2.32. The van der Waals surface area contributed by atoms with Crippen LogP contribution in [0.4, 0.5) is 11.4 Å². The number of hydrogen-bond acceptors (Lipinski definition) is 5. The van der Waals surface area contributed by atoms with Crippen molar-refractivity contribution in [1.29, 1.82) is 0 Å². The van der Waals surface area contributed by atoms with Gasteiger partial charge in [-0.15, -0.1) is 0 Å². The first-order chi connectivity index (χ1) is 12.7. The average Bonchev–Trinajstić information content (AvgIpc) is 2.87. The second kappa shape index (κ2) is 7.09. The van der Waals surface area contributed by atoms with Gasteiger partial charge in [-0.1, -0.05) is 33.6 Å². The summed E-state index contributed by atoms with van der Waals surface area (Å²) in [6.07, 6.45) is 0. The minimum absolute atomic E-state index is 0.101. The number of hydrogen-bond donors (Lipinski definition) is 1. The fourth-order valence-electron chi connectivity index (χ4n) is 2.73. The second-order valence-corrected chi connectivity index (χ2v) is 7.05. The number of nitro benzene ring substituents is 1. The lowest BCUT2D eigenvalue weighted by Crippen LogP contribution is -2.45. The van der Waals surface area contributed by atoms with Crippen LogP contribution in [-0.4, -0.2) is 33.6 Å². The standard InChI is InChI=1S/C17H11BrClN3O5/c1-8(15(23)20-12-6-5-9(18)7-11(12)19)21-16(24)10-3-2-4-13(22(26)27)14(10)17(21)25/h2-8H,1H3,(H,20,23). The molecule has 1 aliphatic heterocycles. The quantitative estimate of drug-likeness (QED) is 0.433. The van der Waals surface area contributed by atoms with Gasteiger partial charge < -0.3 is 5.32 Å². The second-order valence-electron chi connectivity index (χ2n) is 5.73. The molecule has 0 spiro atoms.